The second-order valence-corrected chi connectivity index (χ2v) is 6.81. The standard InChI is InChI=1S/C16H17Cl2NO3/c1-19-9-6-10(8-3-4-11(17)12(18)5-8)14(16(21)22-2)15(19)13(20)7-9/h3-5,9-10,14-15H,6-7H2,1-2H3. The van der Waals surface area contributed by atoms with E-state index < -0.39 is 12.0 Å². The molecular weight excluding hydrogens is 325 g/mol. The fraction of sp³-hybridized carbons (Fsp3) is 0.500. The highest BCUT2D eigenvalue weighted by Crippen LogP contribution is 2.46. The Bertz CT molecular complexity index is 634. The van der Waals surface area contributed by atoms with Crippen LogP contribution < -0.4 is 0 Å². The van der Waals surface area contributed by atoms with E-state index in [0.29, 0.717) is 16.5 Å². The SMILES string of the molecule is COC(=O)C1C(c2ccc(Cl)c(Cl)c2)CC2CC(=O)C1N2C. The van der Waals surface area contributed by atoms with Gasteiger partial charge in [0.2, 0.25) is 0 Å². The third kappa shape index (κ3) is 2.43. The zero-order valence-corrected chi connectivity index (χ0v) is 13.9. The van der Waals surface area contributed by atoms with Gasteiger partial charge in [-0.3, -0.25) is 14.5 Å². The Morgan fingerprint density at radius 2 is 2.05 bits per heavy atom. The highest BCUT2D eigenvalue weighted by molar-refractivity contribution is 6.42. The number of rotatable bonds is 2. The fourth-order valence-electron chi connectivity index (χ4n) is 3.83. The van der Waals surface area contributed by atoms with Crippen molar-refractivity contribution in [1.82, 2.24) is 4.90 Å². The minimum Gasteiger partial charge on any atom is -0.469 e. The van der Waals surface area contributed by atoms with Crippen LogP contribution in [0.3, 0.4) is 0 Å². The number of nitrogens with zero attached hydrogens (tertiary/aromatic N) is 1. The third-order valence-electron chi connectivity index (χ3n) is 4.93. The molecule has 3 rings (SSSR count). The molecule has 0 spiro atoms. The largest absolute Gasteiger partial charge is 0.469 e. The van der Waals surface area contributed by atoms with Crippen LogP contribution in [0.4, 0.5) is 0 Å². The van der Waals surface area contributed by atoms with Gasteiger partial charge in [-0.25, -0.2) is 0 Å². The molecule has 4 nitrogen and oxygen atoms in total. The highest BCUT2D eigenvalue weighted by Gasteiger charge is 2.53. The van der Waals surface area contributed by atoms with Crippen LogP contribution in [0.2, 0.25) is 10.0 Å². The third-order valence-corrected chi connectivity index (χ3v) is 5.67. The highest BCUT2D eigenvalue weighted by atomic mass is 35.5. The van der Waals surface area contributed by atoms with Crippen molar-refractivity contribution in [1.29, 1.82) is 0 Å². The van der Waals surface area contributed by atoms with Crippen molar-refractivity contribution < 1.29 is 14.3 Å². The van der Waals surface area contributed by atoms with E-state index in [0.717, 1.165) is 12.0 Å². The predicted octanol–water partition coefficient (Wildman–Crippen LogP) is 2.91. The van der Waals surface area contributed by atoms with Gasteiger partial charge in [0.1, 0.15) is 0 Å². The molecule has 0 aromatic heterocycles. The number of carbonyl (C=O) groups is 2. The molecule has 0 N–H and O–H groups in total. The molecule has 4 unspecified atom stereocenters. The summed E-state index contributed by atoms with van der Waals surface area (Å²) >= 11 is 12.1. The Morgan fingerprint density at radius 1 is 1.32 bits per heavy atom. The predicted molar refractivity (Wildman–Crippen MR) is 84.3 cm³/mol. The molecule has 0 aliphatic carbocycles. The Morgan fingerprint density at radius 3 is 2.68 bits per heavy atom. The summed E-state index contributed by atoms with van der Waals surface area (Å²) in [5, 5.41) is 0.937. The minimum atomic E-state index is -0.501. The molecule has 2 aliphatic rings. The lowest BCUT2D eigenvalue weighted by Gasteiger charge is -2.40. The van der Waals surface area contributed by atoms with Crippen molar-refractivity contribution in [2.75, 3.05) is 14.2 Å². The lowest BCUT2D eigenvalue weighted by molar-refractivity contribution is -0.152. The van der Waals surface area contributed by atoms with Gasteiger partial charge in [-0.2, -0.15) is 0 Å². The number of benzene rings is 1. The zero-order valence-electron chi connectivity index (χ0n) is 12.4. The van der Waals surface area contributed by atoms with Crippen LogP contribution in [0.1, 0.15) is 24.3 Å². The summed E-state index contributed by atoms with van der Waals surface area (Å²) < 4.78 is 4.97. The van der Waals surface area contributed by atoms with Gasteiger partial charge in [0.25, 0.3) is 0 Å². The molecule has 2 fully saturated rings. The maximum absolute atomic E-state index is 12.3. The first kappa shape index (κ1) is 15.8. The van der Waals surface area contributed by atoms with Crippen molar-refractivity contribution in [2.45, 2.75) is 30.8 Å². The topological polar surface area (TPSA) is 46.6 Å². The smallest absolute Gasteiger partial charge is 0.311 e. The van der Waals surface area contributed by atoms with E-state index >= 15 is 0 Å². The normalized spacial score (nSPS) is 31.4. The average molecular weight is 342 g/mol. The number of methoxy groups -OCH3 is 1. The molecule has 1 aromatic rings. The van der Waals surface area contributed by atoms with Crippen LogP contribution in [-0.4, -0.2) is 42.9 Å². The van der Waals surface area contributed by atoms with Crippen LogP contribution in [0.5, 0.6) is 0 Å². The van der Waals surface area contributed by atoms with Gasteiger partial charge in [0.05, 0.1) is 29.1 Å². The first-order valence-electron chi connectivity index (χ1n) is 7.21. The molecule has 4 atom stereocenters. The fourth-order valence-corrected chi connectivity index (χ4v) is 4.14. The number of hydrogen-bond acceptors (Lipinski definition) is 4. The molecule has 2 bridgehead atoms. The number of hydrogen-bond donors (Lipinski definition) is 0. The van der Waals surface area contributed by atoms with Gasteiger partial charge < -0.3 is 4.74 Å². The Labute approximate surface area is 139 Å². The zero-order chi connectivity index (χ0) is 16.0. The molecule has 6 heteroatoms. The minimum absolute atomic E-state index is 0.0835. The Kier molecular flexibility index (Phi) is 4.19. The summed E-state index contributed by atoms with van der Waals surface area (Å²) in [5.41, 5.74) is 0.933. The van der Waals surface area contributed by atoms with Gasteiger partial charge in [-0.15, -0.1) is 0 Å². The van der Waals surface area contributed by atoms with Crippen LogP contribution in [-0.2, 0) is 14.3 Å². The lowest BCUT2D eigenvalue weighted by atomic mass is 9.76. The van der Waals surface area contributed by atoms with E-state index in [-0.39, 0.29) is 23.7 Å². The van der Waals surface area contributed by atoms with Gasteiger partial charge in [-0.1, -0.05) is 29.3 Å². The molecular formula is C16H17Cl2NO3. The van der Waals surface area contributed by atoms with E-state index in [9.17, 15) is 9.59 Å². The molecule has 0 saturated carbocycles. The van der Waals surface area contributed by atoms with Crippen LogP contribution >= 0.6 is 23.2 Å². The number of esters is 1. The molecule has 2 saturated heterocycles. The second kappa shape index (κ2) is 5.84. The van der Waals surface area contributed by atoms with Crippen molar-refractivity contribution in [3.05, 3.63) is 33.8 Å². The molecule has 22 heavy (non-hydrogen) atoms. The number of ketones is 1. The van der Waals surface area contributed by atoms with E-state index in [2.05, 4.69) is 0 Å². The number of ether oxygens (including phenoxy) is 1. The van der Waals surface area contributed by atoms with Crippen molar-refractivity contribution >= 4 is 35.0 Å². The number of piperidine rings is 1. The van der Waals surface area contributed by atoms with E-state index in [1.54, 1.807) is 12.1 Å². The summed E-state index contributed by atoms with van der Waals surface area (Å²) in [6.45, 7) is 0. The van der Waals surface area contributed by atoms with Gasteiger partial charge in [-0.05, 0) is 31.2 Å². The molecule has 0 amide bonds. The number of carbonyl (C=O) groups excluding carboxylic acids is 2. The molecule has 118 valence electrons. The van der Waals surface area contributed by atoms with Gasteiger partial charge >= 0.3 is 5.97 Å². The van der Waals surface area contributed by atoms with Crippen LogP contribution in [0, 0.1) is 5.92 Å². The summed E-state index contributed by atoms with van der Waals surface area (Å²) in [5.74, 6) is -0.814. The number of fused-ring (bicyclic) bond motifs is 2. The van der Waals surface area contributed by atoms with Crippen molar-refractivity contribution in [2.24, 2.45) is 5.92 Å². The molecule has 1 aromatic carbocycles. The number of likely N-dealkylation sites (N-methyl/N-ethyl adjacent to an activating group) is 1. The Balaban J connectivity index is 2.03. The van der Waals surface area contributed by atoms with Gasteiger partial charge in [0, 0.05) is 18.4 Å². The van der Waals surface area contributed by atoms with Gasteiger partial charge in [0.15, 0.2) is 5.78 Å². The van der Waals surface area contributed by atoms with E-state index in [4.69, 9.17) is 27.9 Å². The summed E-state index contributed by atoms with van der Waals surface area (Å²) in [4.78, 5) is 26.6. The van der Waals surface area contributed by atoms with Crippen molar-refractivity contribution in [3.63, 3.8) is 0 Å². The van der Waals surface area contributed by atoms with Crippen LogP contribution in [0.15, 0.2) is 18.2 Å². The average Bonchev–Trinajstić information content (AvgIpc) is 2.68. The monoisotopic (exact) mass is 341 g/mol. The van der Waals surface area contributed by atoms with E-state index in [1.165, 1.54) is 7.11 Å². The van der Waals surface area contributed by atoms with Crippen LogP contribution in [0.25, 0.3) is 0 Å². The first-order valence-corrected chi connectivity index (χ1v) is 7.97. The van der Waals surface area contributed by atoms with E-state index in [1.807, 2.05) is 18.0 Å². The maximum atomic E-state index is 12.3. The number of Topliss-reactive ketones (excluding diaryl/α,β-unsaturated/α-hetero) is 1. The van der Waals surface area contributed by atoms with Crippen molar-refractivity contribution in [3.8, 4) is 0 Å². The first-order chi connectivity index (χ1) is 10.4. The molecule has 2 aliphatic heterocycles. The maximum Gasteiger partial charge on any atom is 0.311 e. The second-order valence-electron chi connectivity index (χ2n) is 6.00. The summed E-state index contributed by atoms with van der Waals surface area (Å²) in [7, 11) is 3.26. The lowest BCUT2D eigenvalue weighted by Crippen LogP contribution is -2.50. The summed E-state index contributed by atoms with van der Waals surface area (Å²) in [6, 6.07) is 5.16. The molecule has 2 heterocycles. The Hall–Kier alpha value is -1.10. The molecule has 0 radical (unpaired) electrons. The number of halogens is 2. The quantitative estimate of drug-likeness (QED) is 0.776. The summed E-state index contributed by atoms with van der Waals surface area (Å²) in [6.07, 6.45) is 1.23.